The van der Waals surface area contributed by atoms with E-state index in [0.717, 1.165) is 36.9 Å². The van der Waals surface area contributed by atoms with E-state index in [9.17, 15) is 9.59 Å². The average Bonchev–Trinajstić information content (AvgIpc) is 3.13. The number of aryl methyl sites for hydroxylation is 2. The molecule has 1 N–H and O–H groups in total. The Morgan fingerprint density at radius 3 is 2.69 bits per heavy atom. The number of ether oxygens (including phenoxy) is 1. The van der Waals surface area contributed by atoms with Crippen LogP contribution < -0.4 is 5.32 Å². The first-order valence-electron chi connectivity index (χ1n) is 9.26. The number of benzene rings is 2. The van der Waals surface area contributed by atoms with E-state index in [4.69, 9.17) is 4.74 Å². The first kappa shape index (κ1) is 18.2. The monoisotopic (exact) mass is 351 g/mol. The zero-order valence-corrected chi connectivity index (χ0v) is 15.4. The molecule has 136 valence electrons. The molecular weight excluding hydrogens is 326 g/mol. The third kappa shape index (κ3) is 4.13. The number of hydrogen-bond donors (Lipinski definition) is 1. The van der Waals surface area contributed by atoms with Crippen molar-refractivity contribution in [2.45, 2.75) is 45.4 Å². The Bertz CT molecular complexity index is 813. The molecule has 2 aromatic carbocycles. The molecule has 0 radical (unpaired) electrons. The quantitative estimate of drug-likeness (QED) is 0.781. The van der Waals surface area contributed by atoms with E-state index in [0.29, 0.717) is 11.5 Å². The van der Waals surface area contributed by atoms with Gasteiger partial charge in [0.05, 0.1) is 5.56 Å². The van der Waals surface area contributed by atoms with E-state index >= 15 is 0 Å². The van der Waals surface area contributed by atoms with Gasteiger partial charge < -0.3 is 10.1 Å². The van der Waals surface area contributed by atoms with Crippen molar-refractivity contribution in [1.29, 1.82) is 0 Å². The lowest BCUT2D eigenvalue weighted by Gasteiger charge is -2.15. The first-order chi connectivity index (χ1) is 12.6. The third-order valence-electron chi connectivity index (χ3n) is 5.05. The van der Waals surface area contributed by atoms with Crippen LogP contribution in [0.2, 0.25) is 0 Å². The van der Waals surface area contributed by atoms with Crippen LogP contribution >= 0.6 is 0 Å². The maximum absolute atomic E-state index is 12.2. The predicted molar refractivity (Wildman–Crippen MR) is 103 cm³/mol. The summed E-state index contributed by atoms with van der Waals surface area (Å²) in [6.45, 7) is 3.95. The Morgan fingerprint density at radius 1 is 1.12 bits per heavy atom. The summed E-state index contributed by atoms with van der Waals surface area (Å²) >= 11 is 0. The number of fused-ring (bicyclic) bond motifs is 1. The lowest BCUT2D eigenvalue weighted by atomic mass is 9.97. The standard InChI is InChI=1S/C22H25NO3/c1-3-15(2)19-9-4-5-10-20(19)23-21(24)14-26-22(25)18-12-11-16-7-6-8-17(16)13-18/h4-5,9-13,15H,3,6-8,14H2,1-2H3,(H,23,24)/t15-/m0/s1. The number of anilines is 1. The lowest BCUT2D eigenvalue weighted by Crippen LogP contribution is -2.21. The van der Waals surface area contributed by atoms with Gasteiger partial charge in [-0.25, -0.2) is 4.79 Å². The number of nitrogens with one attached hydrogen (secondary N) is 1. The largest absolute Gasteiger partial charge is 0.452 e. The van der Waals surface area contributed by atoms with Gasteiger partial charge in [-0.3, -0.25) is 4.79 Å². The summed E-state index contributed by atoms with van der Waals surface area (Å²) in [6, 6.07) is 13.4. The fourth-order valence-corrected chi connectivity index (χ4v) is 3.36. The molecule has 0 fully saturated rings. The molecule has 4 nitrogen and oxygen atoms in total. The molecule has 0 saturated carbocycles. The summed E-state index contributed by atoms with van der Waals surface area (Å²) in [7, 11) is 0. The number of carbonyl (C=O) groups excluding carboxylic acids is 2. The second-order valence-corrected chi connectivity index (χ2v) is 6.86. The van der Waals surface area contributed by atoms with Gasteiger partial charge in [-0.15, -0.1) is 0 Å². The second kappa shape index (κ2) is 8.17. The zero-order valence-electron chi connectivity index (χ0n) is 15.4. The van der Waals surface area contributed by atoms with Crippen LogP contribution in [0.1, 0.15) is 59.7 Å². The van der Waals surface area contributed by atoms with Crippen LogP contribution in [0, 0.1) is 0 Å². The fourth-order valence-electron chi connectivity index (χ4n) is 3.36. The molecule has 1 aliphatic carbocycles. The normalized spacial score (nSPS) is 13.8. The van der Waals surface area contributed by atoms with Crippen molar-refractivity contribution in [3.63, 3.8) is 0 Å². The summed E-state index contributed by atoms with van der Waals surface area (Å²) < 4.78 is 5.20. The van der Waals surface area contributed by atoms with Crippen LogP contribution in [0.25, 0.3) is 0 Å². The Kier molecular flexibility index (Phi) is 5.71. The minimum absolute atomic E-state index is 0.287. The van der Waals surface area contributed by atoms with Gasteiger partial charge in [0.25, 0.3) is 5.91 Å². The van der Waals surface area contributed by atoms with Crippen LogP contribution in [-0.4, -0.2) is 18.5 Å². The number of rotatable bonds is 6. The summed E-state index contributed by atoms with van der Waals surface area (Å²) in [4.78, 5) is 24.4. The molecule has 4 heteroatoms. The predicted octanol–water partition coefficient (Wildman–Crippen LogP) is 4.48. The molecule has 1 aliphatic rings. The molecule has 0 heterocycles. The molecule has 0 spiro atoms. The first-order valence-corrected chi connectivity index (χ1v) is 9.26. The van der Waals surface area contributed by atoms with Crippen LogP contribution in [-0.2, 0) is 22.4 Å². The van der Waals surface area contributed by atoms with Crippen molar-refractivity contribution in [2.24, 2.45) is 0 Å². The van der Waals surface area contributed by atoms with Crippen molar-refractivity contribution in [1.82, 2.24) is 0 Å². The van der Waals surface area contributed by atoms with Gasteiger partial charge >= 0.3 is 5.97 Å². The fraction of sp³-hybridized carbons (Fsp3) is 0.364. The van der Waals surface area contributed by atoms with E-state index in [-0.39, 0.29) is 12.5 Å². The smallest absolute Gasteiger partial charge is 0.338 e. The van der Waals surface area contributed by atoms with Gasteiger partial charge in [-0.2, -0.15) is 0 Å². The van der Waals surface area contributed by atoms with E-state index in [1.54, 1.807) is 6.07 Å². The van der Waals surface area contributed by atoms with Gasteiger partial charge in [0, 0.05) is 5.69 Å². The average molecular weight is 351 g/mol. The van der Waals surface area contributed by atoms with Crippen molar-refractivity contribution >= 4 is 17.6 Å². The summed E-state index contributed by atoms with van der Waals surface area (Å²) in [5.41, 5.74) is 4.90. The van der Waals surface area contributed by atoms with Gasteiger partial charge in [0.15, 0.2) is 6.61 Å². The molecule has 3 rings (SSSR count). The van der Waals surface area contributed by atoms with E-state index in [2.05, 4.69) is 19.2 Å². The van der Waals surface area contributed by atoms with Gasteiger partial charge in [0.2, 0.25) is 0 Å². The van der Waals surface area contributed by atoms with Crippen molar-refractivity contribution < 1.29 is 14.3 Å². The third-order valence-corrected chi connectivity index (χ3v) is 5.05. The highest BCUT2D eigenvalue weighted by Crippen LogP contribution is 2.26. The van der Waals surface area contributed by atoms with Gasteiger partial charge in [-0.05, 0) is 66.5 Å². The van der Waals surface area contributed by atoms with E-state index < -0.39 is 5.97 Å². The summed E-state index contributed by atoms with van der Waals surface area (Å²) in [6.07, 6.45) is 4.19. The summed E-state index contributed by atoms with van der Waals surface area (Å²) in [5, 5.41) is 2.86. The molecule has 0 bridgehead atoms. The van der Waals surface area contributed by atoms with E-state index in [1.807, 2.05) is 36.4 Å². The summed E-state index contributed by atoms with van der Waals surface area (Å²) in [5.74, 6) is -0.430. The van der Waals surface area contributed by atoms with Crippen LogP contribution in [0.15, 0.2) is 42.5 Å². The van der Waals surface area contributed by atoms with Crippen molar-refractivity contribution in [3.05, 3.63) is 64.7 Å². The molecule has 0 unspecified atom stereocenters. The van der Waals surface area contributed by atoms with Gasteiger partial charge in [0.1, 0.15) is 0 Å². The second-order valence-electron chi connectivity index (χ2n) is 6.86. The molecule has 2 aromatic rings. The molecule has 0 aromatic heterocycles. The Morgan fingerprint density at radius 2 is 1.88 bits per heavy atom. The number of carbonyl (C=O) groups is 2. The van der Waals surface area contributed by atoms with E-state index in [1.165, 1.54) is 11.1 Å². The SMILES string of the molecule is CC[C@H](C)c1ccccc1NC(=O)COC(=O)c1ccc2c(c1)CCC2. The molecule has 0 saturated heterocycles. The zero-order chi connectivity index (χ0) is 18.5. The highest BCUT2D eigenvalue weighted by Gasteiger charge is 2.16. The lowest BCUT2D eigenvalue weighted by molar-refractivity contribution is -0.119. The number of hydrogen-bond acceptors (Lipinski definition) is 3. The van der Waals surface area contributed by atoms with Crippen LogP contribution in [0.3, 0.4) is 0 Å². The molecular formula is C22H25NO3. The van der Waals surface area contributed by atoms with Gasteiger partial charge in [-0.1, -0.05) is 38.1 Å². The number of para-hydroxylation sites is 1. The number of amides is 1. The molecule has 26 heavy (non-hydrogen) atoms. The van der Waals surface area contributed by atoms with Crippen molar-refractivity contribution in [3.8, 4) is 0 Å². The Labute approximate surface area is 154 Å². The minimum atomic E-state index is -0.454. The van der Waals surface area contributed by atoms with Crippen molar-refractivity contribution in [2.75, 3.05) is 11.9 Å². The topological polar surface area (TPSA) is 55.4 Å². The van der Waals surface area contributed by atoms with Crippen LogP contribution in [0.4, 0.5) is 5.69 Å². The Hall–Kier alpha value is -2.62. The number of esters is 1. The Balaban J connectivity index is 1.58. The van der Waals surface area contributed by atoms with Crippen LogP contribution in [0.5, 0.6) is 0 Å². The highest BCUT2D eigenvalue weighted by atomic mass is 16.5. The highest BCUT2D eigenvalue weighted by molar-refractivity contribution is 5.96. The molecule has 1 amide bonds. The minimum Gasteiger partial charge on any atom is -0.452 e. The maximum atomic E-state index is 12.2. The molecule has 0 aliphatic heterocycles. The molecule has 1 atom stereocenters. The maximum Gasteiger partial charge on any atom is 0.338 e.